The number of rotatable bonds is 7. The van der Waals surface area contributed by atoms with E-state index >= 15 is 0 Å². The Morgan fingerprint density at radius 1 is 1.21 bits per heavy atom. The lowest BCUT2D eigenvalue weighted by molar-refractivity contribution is -0.135. The monoisotopic (exact) mass is 389 g/mol. The van der Waals surface area contributed by atoms with E-state index < -0.39 is 29.7 Å². The molecule has 0 radical (unpaired) electrons. The van der Waals surface area contributed by atoms with Crippen LogP contribution in [0.3, 0.4) is 0 Å². The maximum absolute atomic E-state index is 12.9. The summed E-state index contributed by atoms with van der Waals surface area (Å²) in [6.07, 6.45) is -0.0299. The number of carbonyl (C=O) groups is 2. The van der Waals surface area contributed by atoms with Gasteiger partial charge >= 0.3 is 6.09 Å². The van der Waals surface area contributed by atoms with E-state index in [0.717, 1.165) is 4.90 Å². The molecule has 0 bridgehead atoms. The minimum atomic E-state index is -0.810. The Labute approximate surface area is 167 Å². The van der Waals surface area contributed by atoms with Crippen molar-refractivity contribution in [3.63, 3.8) is 0 Å². The van der Waals surface area contributed by atoms with Crippen molar-refractivity contribution in [1.29, 1.82) is 5.26 Å². The average molecular weight is 389 g/mol. The molecule has 0 heterocycles. The second kappa shape index (κ2) is 10.1. The number of ether oxygens (including phenoxy) is 2. The number of nitriles is 1. The maximum atomic E-state index is 12.9. The van der Waals surface area contributed by atoms with E-state index in [4.69, 9.17) is 20.5 Å². The van der Waals surface area contributed by atoms with Crippen molar-refractivity contribution >= 4 is 12.0 Å². The van der Waals surface area contributed by atoms with Crippen molar-refractivity contribution in [2.45, 2.75) is 65.6 Å². The molecule has 1 unspecified atom stereocenters. The summed E-state index contributed by atoms with van der Waals surface area (Å²) in [6, 6.07) is 7.23. The fourth-order valence-corrected chi connectivity index (χ4v) is 2.37. The lowest BCUT2D eigenvalue weighted by Crippen LogP contribution is -2.55. The molecule has 0 fully saturated rings. The van der Waals surface area contributed by atoms with E-state index in [0.29, 0.717) is 17.7 Å². The molecule has 0 saturated heterocycles. The van der Waals surface area contributed by atoms with Gasteiger partial charge in [-0.1, -0.05) is 20.3 Å². The molecule has 7 nitrogen and oxygen atoms in total. The molecule has 2 N–H and O–H groups in total. The Bertz CT molecular complexity index is 704. The van der Waals surface area contributed by atoms with E-state index in [9.17, 15) is 9.59 Å². The lowest BCUT2D eigenvalue weighted by Gasteiger charge is -2.32. The Hall–Kier alpha value is -2.59. The van der Waals surface area contributed by atoms with Crippen LogP contribution < -0.4 is 10.5 Å². The van der Waals surface area contributed by atoms with Crippen molar-refractivity contribution in [3.8, 4) is 11.8 Å². The van der Waals surface area contributed by atoms with Gasteiger partial charge in [0.15, 0.2) is 0 Å². The van der Waals surface area contributed by atoms with Gasteiger partial charge in [0.2, 0.25) is 5.91 Å². The zero-order valence-electron chi connectivity index (χ0n) is 17.6. The van der Waals surface area contributed by atoms with Crippen LogP contribution in [0.1, 0.15) is 53.5 Å². The fourth-order valence-electron chi connectivity index (χ4n) is 2.37. The molecule has 1 rings (SSSR count). The first-order valence-corrected chi connectivity index (χ1v) is 9.44. The third-order valence-electron chi connectivity index (χ3n) is 4.29. The van der Waals surface area contributed by atoms with Crippen molar-refractivity contribution < 1.29 is 19.1 Å². The van der Waals surface area contributed by atoms with Crippen molar-refractivity contribution in [2.75, 3.05) is 6.61 Å². The van der Waals surface area contributed by atoms with E-state index in [1.165, 1.54) is 0 Å². The molecule has 7 heteroatoms. The fraction of sp³-hybridized carbons (Fsp3) is 0.571. The van der Waals surface area contributed by atoms with E-state index in [-0.39, 0.29) is 12.5 Å². The van der Waals surface area contributed by atoms with Crippen LogP contribution in [0.4, 0.5) is 4.79 Å². The van der Waals surface area contributed by atoms with E-state index in [1.54, 1.807) is 52.0 Å². The van der Waals surface area contributed by atoms with Crippen molar-refractivity contribution in [1.82, 2.24) is 4.90 Å². The molecule has 0 aliphatic carbocycles. The number of amides is 2. The van der Waals surface area contributed by atoms with Gasteiger partial charge in [-0.25, -0.2) is 9.69 Å². The molecule has 1 aromatic carbocycles. The van der Waals surface area contributed by atoms with Gasteiger partial charge < -0.3 is 15.2 Å². The van der Waals surface area contributed by atoms with Crippen molar-refractivity contribution in [2.24, 2.45) is 11.7 Å². The van der Waals surface area contributed by atoms with Crippen LogP contribution in [0, 0.1) is 17.2 Å². The smallest absolute Gasteiger partial charge is 0.417 e. The summed E-state index contributed by atoms with van der Waals surface area (Å²) < 4.78 is 11.1. The molecule has 3 atom stereocenters. The summed E-state index contributed by atoms with van der Waals surface area (Å²) in [7, 11) is 0. The number of benzene rings is 1. The largest absolute Gasteiger partial charge is 0.491 e. The van der Waals surface area contributed by atoms with Gasteiger partial charge in [-0.05, 0) is 57.9 Å². The Morgan fingerprint density at radius 3 is 2.25 bits per heavy atom. The first kappa shape index (κ1) is 23.4. The van der Waals surface area contributed by atoms with Gasteiger partial charge in [-0.3, -0.25) is 4.79 Å². The zero-order valence-corrected chi connectivity index (χ0v) is 17.6. The highest BCUT2D eigenvalue weighted by Crippen LogP contribution is 2.18. The minimum Gasteiger partial charge on any atom is -0.491 e. The molecule has 0 aliphatic heterocycles. The molecular weight excluding hydrogens is 358 g/mol. The minimum absolute atomic E-state index is 0.0735. The van der Waals surface area contributed by atoms with Gasteiger partial charge in [-0.2, -0.15) is 5.26 Å². The van der Waals surface area contributed by atoms with Crippen LogP contribution in [0.2, 0.25) is 0 Å². The van der Waals surface area contributed by atoms with Crippen molar-refractivity contribution in [3.05, 3.63) is 29.8 Å². The molecule has 154 valence electrons. The van der Waals surface area contributed by atoms with Crippen LogP contribution in [0.15, 0.2) is 24.3 Å². The summed E-state index contributed by atoms with van der Waals surface area (Å²) in [5.74, 6) is -0.0303. The summed E-state index contributed by atoms with van der Waals surface area (Å²) >= 11 is 0. The Kier molecular flexibility index (Phi) is 8.45. The van der Waals surface area contributed by atoms with Gasteiger partial charge in [-0.15, -0.1) is 0 Å². The van der Waals surface area contributed by atoms with Crippen LogP contribution in [0.5, 0.6) is 5.75 Å². The van der Waals surface area contributed by atoms with Gasteiger partial charge in [0.1, 0.15) is 18.0 Å². The number of hydrogen-bond acceptors (Lipinski definition) is 6. The quantitative estimate of drug-likeness (QED) is 0.765. The molecule has 1 aromatic rings. The third kappa shape index (κ3) is 6.86. The molecule has 0 aliphatic rings. The number of hydrogen-bond donors (Lipinski definition) is 1. The highest BCUT2D eigenvalue weighted by molar-refractivity contribution is 5.95. The van der Waals surface area contributed by atoms with Gasteiger partial charge in [0.25, 0.3) is 0 Å². The van der Waals surface area contributed by atoms with Crippen LogP contribution in [0.25, 0.3) is 0 Å². The standard InChI is InChI=1S/C21H31N3O4/c1-7-14(2)18(23)19(25)24(20(26)28-21(4,5)6)15(3)13-27-17-10-8-16(12-22)9-11-17/h8-11,14-15,18H,7,13,23H2,1-6H3/t14-,15?,18-/m0/s1. The van der Waals surface area contributed by atoms with Gasteiger partial charge in [0.05, 0.1) is 23.7 Å². The van der Waals surface area contributed by atoms with Gasteiger partial charge in [0, 0.05) is 0 Å². The lowest BCUT2D eigenvalue weighted by atomic mass is 9.98. The molecule has 0 saturated carbocycles. The van der Waals surface area contributed by atoms with Crippen LogP contribution in [-0.2, 0) is 9.53 Å². The maximum Gasteiger partial charge on any atom is 0.417 e. The van der Waals surface area contributed by atoms with Crippen LogP contribution in [-0.4, -0.2) is 41.2 Å². The molecular formula is C21H31N3O4. The number of nitrogens with zero attached hydrogens (tertiary/aromatic N) is 2. The summed E-state index contributed by atoms with van der Waals surface area (Å²) in [5.41, 5.74) is 5.85. The summed E-state index contributed by atoms with van der Waals surface area (Å²) in [5, 5.41) is 8.85. The normalized spacial score (nSPS) is 14.4. The first-order valence-electron chi connectivity index (χ1n) is 9.44. The average Bonchev–Trinajstić information content (AvgIpc) is 2.64. The second-order valence-corrected chi connectivity index (χ2v) is 7.90. The number of carbonyl (C=O) groups excluding carboxylic acids is 2. The molecule has 0 spiro atoms. The zero-order chi connectivity index (χ0) is 21.5. The predicted octanol–water partition coefficient (Wildman–Crippen LogP) is 3.46. The Morgan fingerprint density at radius 2 is 1.79 bits per heavy atom. The number of imide groups is 1. The third-order valence-corrected chi connectivity index (χ3v) is 4.29. The summed E-state index contributed by atoms with van der Waals surface area (Å²) in [4.78, 5) is 26.7. The summed E-state index contributed by atoms with van der Waals surface area (Å²) in [6.45, 7) is 10.8. The van der Waals surface area contributed by atoms with E-state index in [2.05, 4.69) is 0 Å². The molecule has 28 heavy (non-hydrogen) atoms. The molecule has 0 aromatic heterocycles. The second-order valence-electron chi connectivity index (χ2n) is 7.90. The highest BCUT2D eigenvalue weighted by atomic mass is 16.6. The van der Waals surface area contributed by atoms with E-state index in [1.807, 2.05) is 19.9 Å². The first-order chi connectivity index (χ1) is 13.0. The Balaban J connectivity index is 2.96. The van der Waals surface area contributed by atoms with Crippen LogP contribution >= 0.6 is 0 Å². The SMILES string of the molecule is CC[C@H](C)[C@H](N)C(=O)N(C(=O)OC(C)(C)C)C(C)COc1ccc(C#N)cc1. The number of nitrogens with two attached hydrogens (primary N) is 1. The highest BCUT2D eigenvalue weighted by Gasteiger charge is 2.36. The predicted molar refractivity (Wildman–Crippen MR) is 107 cm³/mol. The topological polar surface area (TPSA) is 106 Å². The molecule has 2 amide bonds.